The van der Waals surface area contributed by atoms with Crippen molar-refractivity contribution in [2.75, 3.05) is 18.0 Å². The second-order valence-electron chi connectivity index (χ2n) is 6.17. The van der Waals surface area contributed by atoms with Gasteiger partial charge in [0.1, 0.15) is 0 Å². The molecule has 1 amide bonds. The summed E-state index contributed by atoms with van der Waals surface area (Å²) in [4.78, 5) is 13.7. The number of amides is 1. The third-order valence-corrected chi connectivity index (χ3v) is 5.59. The van der Waals surface area contributed by atoms with Gasteiger partial charge in [-0.15, -0.1) is 0 Å². The van der Waals surface area contributed by atoms with Gasteiger partial charge >= 0.3 is 0 Å². The van der Waals surface area contributed by atoms with Crippen molar-refractivity contribution in [3.8, 4) is 0 Å². The molecule has 0 spiro atoms. The van der Waals surface area contributed by atoms with Crippen molar-refractivity contribution >= 4 is 21.6 Å². The lowest BCUT2D eigenvalue weighted by Crippen LogP contribution is -2.37. The van der Waals surface area contributed by atoms with Crippen molar-refractivity contribution < 1.29 is 13.2 Å². The standard InChI is InChI=1S/C19H24N2O3S/c1-14-6-9-18(10-7-14)21(17(4)22)12-11-20-25(23,24)19-13-15(2)5-8-16(19)3/h5-10,13,20H,11-12H2,1-4H3. The third kappa shape index (κ3) is 4.90. The highest BCUT2D eigenvalue weighted by Crippen LogP contribution is 2.17. The topological polar surface area (TPSA) is 66.5 Å². The molecule has 0 aliphatic rings. The third-order valence-electron chi connectivity index (χ3n) is 3.99. The van der Waals surface area contributed by atoms with E-state index in [1.54, 1.807) is 24.0 Å². The van der Waals surface area contributed by atoms with Crippen molar-refractivity contribution in [2.24, 2.45) is 0 Å². The Morgan fingerprint density at radius 1 is 1.00 bits per heavy atom. The van der Waals surface area contributed by atoms with Crippen LogP contribution in [0.2, 0.25) is 0 Å². The van der Waals surface area contributed by atoms with E-state index >= 15 is 0 Å². The predicted molar refractivity (Wildman–Crippen MR) is 100 cm³/mol. The van der Waals surface area contributed by atoms with Gasteiger partial charge < -0.3 is 4.90 Å². The van der Waals surface area contributed by atoms with E-state index in [-0.39, 0.29) is 23.9 Å². The van der Waals surface area contributed by atoms with Crippen LogP contribution in [0, 0.1) is 20.8 Å². The van der Waals surface area contributed by atoms with Gasteiger partial charge in [0.25, 0.3) is 0 Å². The molecule has 0 aliphatic carbocycles. The van der Waals surface area contributed by atoms with Gasteiger partial charge in [0.15, 0.2) is 0 Å². The van der Waals surface area contributed by atoms with Gasteiger partial charge in [0.05, 0.1) is 4.90 Å². The van der Waals surface area contributed by atoms with Gasteiger partial charge in [-0.2, -0.15) is 0 Å². The molecule has 134 valence electrons. The number of rotatable bonds is 6. The number of carbonyl (C=O) groups is 1. The van der Waals surface area contributed by atoms with E-state index in [0.717, 1.165) is 16.8 Å². The van der Waals surface area contributed by atoms with Gasteiger partial charge in [0.2, 0.25) is 15.9 Å². The first-order valence-electron chi connectivity index (χ1n) is 8.12. The van der Waals surface area contributed by atoms with Crippen LogP contribution in [0.25, 0.3) is 0 Å². The molecular formula is C19H24N2O3S. The molecule has 0 saturated carbocycles. The van der Waals surface area contributed by atoms with Gasteiger partial charge in [-0.05, 0) is 50.1 Å². The lowest BCUT2D eigenvalue weighted by atomic mass is 10.2. The van der Waals surface area contributed by atoms with E-state index in [2.05, 4.69) is 4.72 Å². The highest BCUT2D eigenvalue weighted by atomic mass is 32.2. The van der Waals surface area contributed by atoms with E-state index in [1.807, 2.05) is 44.2 Å². The normalized spacial score (nSPS) is 11.4. The Hall–Kier alpha value is -2.18. The number of hydrogen-bond donors (Lipinski definition) is 1. The van der Waals surface area contributed by atoms with Crippen LogP contribution in [0.4, 0.5) is 5.69 Å². The molecule has 0 saturated heterocycles. The lowest BCUT2D eigenvalue weighted by molar-refractivity contribution is -0.116. The molecule has 0 radical (unpaired) electrons. The van der Waals surface area contributed by atoms with Crippen molar-refractivity contribution in [2.45, 2.75) is 32.6 Å². The predicted octanol–water partition coefficient (Wildman–Crippen LogP) is 2.94. The molecule has 0 unspecified atom stereocenters. The molecule has 0 atom stereocenters. The molecule has 1 N–H and O–H groups in total. The van der Waals surface area contributed by atoms with Crippen molar-refractivity contribution in [3.05, 3.63) is 59.2 Å². The summed E-state index contributed by atoms with van der Waals surface area (Å²) in [7, 11) is -3.61. The molecule has 0 aliphatic heterocycles. The Morgan fingerprint density at radius 2 is 1.60 bits per heavy atom. The zero-order valence-corrected chi connectivity index (χ0v) is 15.9. The molecule has 2 aromatic rings. The van der Waals surface area contributed by atoms with Gasteiger partial charge in [-0.25, -0.2) is 13.1 Å². The van der Waals surface area contributed by atoms with E-state index in [0.29, 0.717) is 5.56 Å². The molecule has 6 heteroatoms. The fourth-order valence-electron chi connectivity index (χ4n) is 2.56. The molecule has 0 fully saturated rings. The fourth-order valence-corrected chi connectivity index (χ4v) is 3.91. The number of aryl methyl sites for hydroxylation is 3. The van der Waals surface area contributed by atoms with E-state index in [9.17, 15) is 13.2 Å². The van der Waals surface area contributed by atoms with Crippen LogP contribution in [-0.4, -0.2) is 27.4 Å². The Balaban J connectivity index is 2.10. The SMILES string of the molecule is CC(=O)N(CCNS(=O)(=O)c1cc(C)ccc1C)c1ccc(C)cc1. The number of benzene rings is 2. The highest BCUT2D eigenvalue weighted by Gasteiger charge is 2.18. The number of hydrogen-bond acceptors (Lipinski definition) is 3. The highest BCUT2D eigenvalue weighted by molar-refractivity contribution is 7.89. The Bertz CT molecular complexity index is 859. The largest absolute Gasteiger partial charge is 0.311 e. The van der Waals surface area contributed by atoms with Crippen LogP contribution in [0.5, 0.6) is 0 Å². The molecule has 2 rings (SSSR count). The monoisotopic (exact) mass is 360 g/mol. The number of sulfonamides is 1. The average molecular weight is 360 g/mol. The molecule has 5 nitrogen and oxygen atoms in total. The molecular weight excluding hydrogens is 336 g/mol. The first kappa shape index (κ1) is 19.1. The molecule has 0 heterocycles. The molecule has 0 bridgehead atoms. The van der Waals surface area contributed by atoms with Crippen LogP contribution >= 0.6 is 0 Å². The van der Waals surface area contributed by atoms with Crippen molar-refractivity contribution in [3.63, 3.8) is 0 Å². The number of nitrogens with one attached hydrogen (secondary N) is 1. The minimum Gasteiger partial charge on any atom is -0.311 e. The molecule has 2 aromatic carbocycles. The second kappa shape index (κ2) is 7.80. The summed E-state index contributed by atoms with van der Waals surface area (Å²) in [6.07, 6.45) is 0. The van der Waals surface area contributed by atoms with Crippen LogP contribution in [0.1, 0.15) is 23.6 Å². The zero-order valence-electron chi connectivity index (χ0n) is 15.0. The number of carbonyl (C=O) groups excluding carboxylic acids is 1. The lowest BCUT2D eigenvalue weighted by Gasteiger charge is -2.21. The summed E-state index contributed by atoms with van der Waals surface area (Å²) in [6.45, 7) is 7.47. The summed E-state index contributed by atoms with van der Waals surface area (Å²) in [5.74, 6) is -0.130. The zero-order chi connectivity index (χ0) is 18.6. The summed E-state index contributed by atoms with van der Waals surface area (Å²) >= 11 is 0. The van der Waals surface area contributed by atoms with E-state index in [4.69, 9.17) is 0 Å². The summed E-state index contributed by atoms with van der Waals surface area (Å²) in [5.41, 5.74) is 3.43. The number of nitrogens with zero attached hydrogens (tertiary/aromatic N) is 1. The summed E-state index contributed by atoms with van der Waals surface area (Å²) in [5, 5.41) is 0. The Labute approximate surface area is 149 Å². The minimum absolute atomic E-state index is 0.130. The van der Waals surface area contributed by atoms with Crippen LogP contribution in [-0.2, 0) is 14.8 Å². The Kier molecular flexibility index (Phi) is 5.98. The van der Waals surface area contributed by atoms with Crippen LogP contribution in [0.15, 0.2) is 47.4 Å². The first-order chi connectivity index (χ1) is 11.7. The average Bonchev–Trinajstić information content (AvgIpc) is 2.54. The maximum atomic E-state index is 12.5. The molecule has 0 aromatic heterocycles. The van der Waals surface area contributed by atoms with E-state index < -0.39 is 10.0 Å². The van der Waals surface area contributed by atoms with Crippen molar-refractivity contribution in [1.29, 1.82) is 0 Å². The van der Waals surface area contributed by atoms with Crippen LogP contribution < -0.4 is 9.62 Å². The Morgan fingerprint density at radius 3 is 2.20 bits per heavy atom. The summed E-state index contributed by atoms with van der Waals surface area (Å²) in [6, 6.07) is 12.9. The van der Waals surface area contributed by atoms with E-state index in [1.165, 1.54) is 6.92 Å². The molecule has 25 heavy (non-hydrogen) atoms. The van der Waals surface area contributed by atoms with Gasteiger partial charge in [-0.3, -0.25) is 4.79 Å². The second-order valence-corrected chi connectivity index (χ2v) is 7.91. The smallest absolute Gasteiger partial charge is 0.240 e. The first-order valence-corrected chi connectivity index (χ1v) is 9.61. The van der Waals surface area contributed by atoms with Crippen LogP contribution in [0.3, 0.4) is 0 Å². The van der Waals surface area contributed by atoms with Gasteiger partial charge in [0, 0.05) is 25.7 Å². The maximum absolute atomic E-state index is 12.5. The number of anilines is 1. The van der Waals surface area contributed by atoms with Crippen molar-refractivity contribution in [1.82, 2.24) is 4.72 Å². The maximum Gasteiger partial charge on any atom is 0.240 e. The quantitative estimate of drug-likeness (QED) is 0.861. The fraction of sp³-hybridized carbons (Fsp3) is 0.316. The minimum atomic E-state index is -3.61. The summed E-state index contributed by atoms with van der Waals surface area (Å²) < 4.78 is 27.6. The van der Waals surface area contributed by atoms with Gasteiger partial charge in [-0.1, -0.05) is 29.8 Å².